The molecule has 6 atom stereocenters. The molecule has 0 amide bonds. The van der Waals surface area contributed by atoms with Crippen molar-refractivity contribution >= 4 is 10.8 Å². The Labute approximate surface area is 393 Å². The Hall–Kier alpha value is -5.24. The van der Waals surface area contributed by atoms with Crippen molar-refractivity contribution in [2.24, 2.45) is 11.8 Å². The molecule has 0 spiro atoms. The second kappa shape index (κ2) is 21.4. The van der Waals surface area contributed by atoms with Crippen LogP contribution >= 0.6 is 0 Å². The van der Waals surface area contributed by atoms with E-state index < -0.39 is 30.1 Å². The molecule has 0 radical (unpaired) electrons. The molecule has 0 saturated heterocycles. The molecule has 2 aliphatic heterocycles. The van der Waals surface area contributed by atoms with Gasteiger partial charge in [0.05, 0.1) is 37.1 Å². The molecule has 5 aromatic rings. The maximum Gasteiger partial charge on any atom is 0.133 e. The highest BCUT2D eigenvalue weighted by Crippen LogP contribution is 2.55. The average molecular weight is 918 g/mol. The van der Waals surface area contributed by atoms with Gasteiger partial charge in [-0.1, -0.05) is 24.6 Å². The van der Waals surface area contributed by atoms with Crippen molar-refractivity contribution in [2.75, 3.05) is 40.5 Å². The lowest BCUT2D eigenvalue weighted by Gasteiger charge is -2.47. The lowest BCUT2D eigenvalue weighted by molar-refractivity contribution is -0.135. The molecular weight excluding hydrogens is 851 g/mol. The van der Waals surface area contributed by atoms with Crippen LogP contribution in [0.2, 0.25) is 0 Å². The Morgan fingerprint density at radius 1 is 0.761 bits per heavy atom. The lowest BCUT2D eigenvalue weighted by Crippen LogP contribution is -2.48. The number of phenols is 3. The van der Waals surface area contributed by atoms with Crippen LogP contribution in [-0.2, 0) is 15.9 Å². The molecule has 2 fully saturated rings. The first-order valence-corrected chi connectivity index (χ1v) is 24.5. The normalized spacial score (nSPS) is 22.4. The highest BCUT2D eigenvalue weighted by Gasteiger charge is 2.50. The van der Waals surface area contributed by atoms with E-state index in [0.717, 1.165) is 90.0 Å². The third-order valence-corrected chi connectivity index (χ3v) is 14.4. The number of methoxy groups -OCH3 is 1. The van der Waals surface area contributed by atoms with E-state index in [-0.39, 0.29) is 48.8 Å². The van der Waals surface area contributed by atoms with E-state index in [1.807, 2.05) is 43.4 Å². The molecule has 2 heterocycles. The highest BCUT2D eigenvalue weighted by atomic mass is 16.5. The number of aliphatic hydroxyl groups excluding tert-OH is 2. The monoisotopic (exact) mass is 917 g/mol. The van der Waals surface area contributed by atoms with Crippen LogP contribution in [0.3, 0.4) is 0 Å². The number of hydrogen-bond acceptors (Lipinski definition) is 12. The number of aliphatic hydroxyl groups is 2. The number of hydrogen-bond donors (Lipinski definition) is 6. The number of benzene rings is 5. The van der Waals surface area contributed by atoms with E-state index in [4.69, 9.17) is 28.4 Å². The largest absolute Gasteiger partial charge is 0.508 e. The zero-order valence-corrected chi connectivity index (χ0v) is 38.8. The van der Waals surface area contributed by atoms with Crippen molar-refractivity contribution in [2.45, 2.75) is 120 Å². The number of fused-ring (bicyclic) bond motifs is 4. The van der Waals surface area contributed by atoms with Crippen LogP contribution in [0.25, 0.3) is 21.9 Å². The van der Waals surface area contributed by atoms with Crippen LogP contribution < -0.4 is 24.3 Å². The Morgan fingerprint density at radius 2 is 1.51 bits per heavy atom. The van der Waals surface area contributed by atoms with Crippen molar-refractivity contribution in [1.82, 2.24) is 5.32 Å². The molecule has 0 bridgehead atoms. The molecular formula is C55H67NO11. The summed E-state index contributed by atoms with van der Waals surface area (Å²) in [5, 5.41) is 60.3. The van der Waals surface area contributed by atoms with Gasteiger partial charge in [-0.3, -0.25) is 0 Å². The molecule has 4 aliphatic rings. The van der Waals surface area contributed by atoms with Crippen LogP contribution in [0.4, 0.5) is 0 Å². The van der Waals surface area contributed by atoms with Gasteiger partial charge in [0.1, 0.15) is 46.4 Å². The number of nitrogens with one attached hydrogen (secondary N) is 1. The van der Waals surface area contributed by atoms with E-state index in [2.05, 4.69) is 5.32 Å². The molecule has 67 heavy (non-hydrogen) atoms. The van der Waals surface area contributed by atoms with Crippen LogP contribution in [-0.4, -0.2) is 90.5 Å². The van der Waals surface area contributed by atoms with Crippen molar-refractivity contribution < 1.29 is 54.0 Å². The summed E-state index contributed by atoms with van der Waals surface area (Å²) in [5.74, 6) is 1.93. The van der Waals surface area contributed by atoms with E-state index >= 15 is 0 Å². The maximum atomic E-state index is 13.1. The van der Waals surface area contributed by atoms with Gasteiger partial charge in [-0.05, 0) is 155 Å². The summed E-state index contributed by atoms with van der Waals surface area (Å²) in [4.78, 5) is 0. The molecule has 9 rings (SSSR count). The molecule has 12 nitrogen and oxygen atoms in total. The minimum Gasteiger partial charge on any atom is -0.508 e. The van der Waals surface area contributed by atoms with E-state index in [1.165, 1.54) is 6.42 Å². The summed E-state index contributed by atoms with van der Waals surface area (Å²) in [7, 11) is 3.56. The molecule has 0 aromatic heterocycles. The van der Waals surface area contributed by atoms with Crippen molar-refractivity contribution in [3.63, 3.8) is 0 Å². The Kier molecular flexibility index (Phi) is 14.9. The van der Waals surface area contributed by atoms with Gasteiger partial charge in [0.2, 0.25) is 0 Å². The summed E-state index contributed by atoms with van der Waals surface area (Å²) in [5.41, 5.74) is 4.68. The van der Waals surface area contributed by atoms with Gasteiger partial charge in [-0.2, -0.15) is 0 Å². The first-order valence-electron chi connectivity index (χ1n) is 24.5. The lowest BCUT2D eigenvalue weighted by atomic mass is 9.72. The van der Waals surface area contributed by atoms with Gasteiger partial charge >= 0.3 is 0 Å². The number of phenolic OH excluding ortho intramolecular Hbond substituents is 3. The summed E-state index contributed by atoms with van der Waals surface area (Å²) in [6.07, 6.45) is 8.93. The van der Waals surface area contributed by atoms with Gasteiger partial charge in [0.15, 0.2) is 0 Å². The summed E-state index contributed by atoms with van der Waals surface area (Å²) < 4.78 is 40.6. The molecule has 12 heteroatoms. The number of rotatable bonds is 18. The standard InChI is InChI=1S/C55H67NO11/c1-56-31-41(21-22-57)66-55-47-30-50(65-40-12-4-3-5-13-40)45-28-38(60)18-20-44(45)54(47)67-49(16-9-23-62-2)51(55)48-32-63-53-35(27-42(29-46(53)52(48)61)64-39-14-6-7-15-39)24-34-26-37(59)17-19-43(34)33-10-8-11-36(58)25-33/h8,10-11,17-20,25-30,39-41,48-49,51-52,55-61H,3-7,9,12-16,21-24,31-32H2,1-2H3. The molecule has 6 unspecified atom stereocenters. The first-order chi connectivity index (χ1) is 32.7. The maximum absolute atomic E-state index is 13.1. The minimum atomic E-state index is -1.04. The molecule has 6 N–H and O–H groups in total. The number of ether oxygens (including phenoxy) is 6. The topological polar surface area (TPSA) is 169 Å². The summed E-state index contributed by atoms with van der Waals surface area (Å²) in [6, 6.07) is 23.6. The second-order valence-electron chi connectivity index (χ2n) is 19.0. The van der Waals surface area contributed by atoms with Crippen LogP contribution in [0.15, 0.2) is 78.9 Å². The van der Waals surface area contributed by atoms with Crippen molar-refractivity contribution in [3.05, 3.63) is 101 Å². The third-order valence-electron chi connectivity index (χ3n) is 14.4. The van der Waals surface area contributed by atoms with Gasteiger partial charge in [-0.25, -0.2) is 0 Å². The fourth-order valence-electron chi connectivity index (χ4n) is 11.1. The fraction of sp³-hybridized carbons (Fsp3) is 0.491. The van der Waals surface area contributed by atoms with Crippen molar-refractivity contribution in [3.8, 4) is 51.4 Å². The SMILES string of the molecule is CNCC(CCO)OC1c2cc(OC3CCCCC3)c3cc(O)ccc3c2OC(CCCOC)C1C1COc2c(Cc3cc(O)ccc3-c3cccc(O)c3)cc(OC3CCCC3)cc2C1O. The van der Waals surface area contributed by atoms with E-state index in [9.17, 15) is 25.5 Å². The van der Waals surface area contributed by atoms with E-state index in [0.29, 0.717) is 67.4 Å². The minimum absolute atomic E-state index is 0.0286. The summed E-state index contributed by atoms with van der Waals surface area (Å²) in [6.45, 7) is 1.08. The molecule has 2 aliphatic carbocycles. The van der Waals surface area contributed by atoms with Crippen LogP contribution in [0, 0.1) is 11.8 Å². The van der Waals surface area contributed by atoms with Gasteiger partial charge in [0, 0.05) is 72.6 Å². The first kappa shape index (κ1) is 46.9. The van der Waals surface area contributed by atoms with Gasteiger partial charge in [-0.15, -0.1) is 0 Å². The zero-order valence-electron chi connectivity index (χ0n) is 38.8. The molecule has 358 valence electrons. The molecule has 2 saturated carbocycles. The smallest absolute Gasteiger partial charge is 0.133 e. The molecule has 5 aromatic carbocycles. The number of likely N-dealkylation sites (N-methyl/N-ethyl adjacent to an activating group) is 1. The number of aromatic hydroxyl groups is 3. The van der Waals surface area contributed by atoms with E-state index in [1.54, 1.807) is 49.6 Å². The Bertz CT molecular complexity index is 2460. The quantitative estimate of drug-likeness (QED) is 0.0461. The Morgan fingerprint density at radius 3 is 2.27 bits per heavy atom. The zero-order chi connectivity index (χ0) is 46.4. The van der Waals surface area contributed by atoms with Crippen LogP contribution in [0.5, 0.6) is 40.2 Å². The van der Waals surface area contributed by atoms with Crippen LogP contribution in [0.1, 0.15) is 112 Å². The fourth-order valence-corrected chi connectivity index (χ4v) is 11.1. The average Bonchev–Trinajstić information content (AvgIpc) is 3.84. The van der Waals surface area contributed by atoms with Gasteiger partial charge in [0.25, 0.3) is 0 Å². The Balaban J connectivity index is 1.16. The summed E-state index contributed by atoms with van der Waals surface area (Å²) >= 11 is 0. The highest BCUT2D eigenvalue weighted by molar-refractivity contribution is 5.96. The van der Waals surface area contributed by atoms with Gasteiger partial charge < -0.3 is 59.3 Å². The predicted octanol–water partition coefficient (Wildman–Crippen LogP) is 9.82. The second-order valence-corrected chi connectivity index (χ2v) is 19.0. The third kappa shape index (κ3) is 10.4. The van der Waals surface area contributed by atoms with Crippen molar-refractivity contribution in [1.29, 1.82) is 0 Å². The predicted molar refractivity (Wildman–Crippen MR) is 257 cm³/mol.